The maximum Gasteiger partial charge on any atom is 0.123 e. The zero-order valence-corrected chi connectivity index (χ0v) is 13.9. The Labute approximate surface area is 137 Å². The first-order valence-electron chi connectivity index (χ1n) is 8.33. The summed E-state index contributed by atoms with van der Waals surface area (Å²) in [5.41, 5.74) is 1.09. The Bertz CT molecular complexity index is 627. The van der Waals surface area contributed by atoms with E-state index in [-0.39, 0.29) is 6.04 Å². The van der Waals surface area contributed by atoms with Crippen LogP contribution < -0.4 is 0 Å². The lowest BCUT2D eigenvalue weighted by Crippen LogP contribution is -2.47. The van der Waals surface area contributed by atoms with E-state index in [1.54, 1.807) is 0 Å². The second kappa shape index (κ2) is 6.76. The Morgan fingerprint density at radius 1 is 1.30 bits per heavy atom. The van der Waals surface area contributed by atoms with Crippen LogP contribution in [0.5, 0.6) is 0 Å². The molecule has 124 valence electrons. The summed E-state index contributed by atoms with van der Waals surface area (Å²) in [6.45, 7) is 6.69. The van der Waals surface area contributed by atoms with Gasteiger partial charge >= 0.3 is 0 Å². The van der Waals surface area contributed by atoms with Gasteiger partial charge in [0.2, 0.25) is 0 Å². The van der Waals surface area contributed by atoms with Crippen LogP contribution in [0.4, 0.5) is 0 Å². The van der Waals surface area contributed by atoms with E-state index < -0.39 is 5.60 Å². The van der Waals surface area contributed by atoms with Gasteiger partial charge in [0, 0.05) is 31.5 Å². The number of piperidine rings is 1. The van der Waals surface area contributed by atoms with Crippen molar-refractivity contribution in [2.24, 2.45) is 0 Å². The van der Waals surface area contributed by atoms with Crippen LogP contribution in [0.25, 0.3) is 0 Å². The molecule has 6 heteroatoms. The highest BCUT2D eigenvalue weighted by Gasteiger charge is 2.37. The predicted molar refractivity (Wildman–Crippen MR) is 87.9 cm³/mol. The molecule has 1 N–H and O–H groups in total. The van der Waals surface area contributed by atoms with Crippen molar-refractivity contribution in [3.05, 3.63) is 42.0 Å². The number of hydrogen-bond acceptors (Lipinski definition) is 5. The molecule has 0 bridgehead atoms. The molecule has 1 fully saturated rings. The zero-order valence-electron chi connectivity index (χ0n) is 13.9. The molecule has 1 saturated heterocycles. The van der Waals surface area contributed by atoms with Gasteiger partial charge in [0.25, 0.3) is 0 Å². The molecule has 3 rings (SSSR count). The number of β-amino-alcohol motifs (C(OH)–C–C–N with tert-alkyl or cyclic N) is 1. The monoisotopic (exact) mass is 315 g/mol. The molecule has 0 radical (unpaired) electrons. The van der Waals surface area contributed by atoms with Crippen LogP contribution in [0.3, 0.4) is 0 Å². The summed E-state index contributed by atoms with van der Waals surface area (Å²) in [5.74, 6) is 0. The Kier molecular flexibility index (Phi) is 4.73. The fourth-order valence-electron chi connectivity index (χ4n) is 3.10. The van der Waals surface area contributed by atoms with E-state index in [0.29, 0.717) is 12.2 Å². The van der Waals surface area contributed by atoms with Crippen molar-refractivity contribution in [3.8, 4) is 0 Å². The molecule has 6 nitrogen and oxygen atoms in total. The Hall–Kier alpha value is -1.79. The number of aliphatic hydroxyl groups is 1. The van der Waals surface area contributed by atoms with Crippen molar-refractivity contribution in [2.75, 3.05) is 19.6 Å². The van der Waals surface area contributed by atoms with Gasteiger partial charge in [0.05, 0.1) is 6.20 Å². The third-order valence-corrected chi connectivity index (χ3v) is 4.53. The number of rotatable bonds is 5. The number of likely N-dealkylation sites (tertiary alicyclic amines) is 1. The Balaban J connectivity index is 1.64. The highest BCUT2D eigenvalue weighted by atomic mass is 16.3. The van der Waals surface area contributed by atoms with E-state index in [1.807, 2.05) is 35.4 Å². The fraction of sp³-hybridized carbons (Fsp3) is 0.588. The summed E-state index contributed by atoms with van der Waals surface area (Å²) in [6, 6.07) is 4.35. The molecule has 1 atom stereocenters. The van der Waals surface area contributed by atoms with E-state index in [9.17, 15) is 5.11 Å². The first-order chi connectivity index (χ1) is 11.1. The highest BCUT2D eigenvalue weighted by molar-refractivity contribution is 5.12. The molecule has 2 aromatic heterocycles. The molecule has 0 aromatic carbocycles. The second-order valence-corrected chi connectivity index (χ2v) is 6.69. The minimum absolute atomic E-state index is 0.256. The van der Waals surface area contributed by atoms with E-state index in [0.717, 1.165) is 32.4 Å². The molecule has 0 saturated carbocycles. The summed E-state index contributed by atoms with van der Waals surface area (Å²) in [4.78, 5) is 6.37. The van der Waals surface area contributed by atoms with Crippen molar-refractivity contribution in [1.82, 2.24) is 24.9 Å². The smallest absolute Gasteiger partial charge is 0.123 e. The average Bonchev–Trinajstić information content (AvgIpc) is 3.05. The summed E-state index contributed by atoms with van der Waals surface area (Å²) in [6.07, 6.45) is 8.23. The predicted octanol–water partition coefficient (Wildman–Crippen LogP) is 1.78. The van der Waals surface area contributed by atoms with Gasteiger partial charge in [-0.05, 0) is 57.4 Å². The van der Waals surface area contributed by atoms with Crippen LogP contribution in [-0.2, 0) is 12.0 Å². The van der Waals surface area contributed by atoms with Crippen LogP contribution in [-0.4, -0.2) is 49.6 Å². The SMILES string of the molecule is CC(C)n1cc(C2(O)CCCN(CCc3ccncc3)C2)nn1. The third-order valence-electron chi connectivity index (χ3n) is 4.53. The zero-order chi connectivity index (χ0) is 16.3. The Morgan fingerprint density at radius 2 is 2.09 bits per heavy atom. The Morgan fingerprint density at radius 3 is 2.78 bits per heavy atom. The lowest BCUT2D eigenvalue weighted by molar-refractivity contribution is -0.0385. The first-order valence-corrected chi connectivity index (χ1v) is 8.33. The lowest BCUT2D eigenvalue weighted by Gasteiger charge is -2.38. The number of nitrogens with zero attached hydrogens (tertiary/aromatic N) is 5. The van der Waals surface area contributed by atoms with Crippen molar-refractivity contribution >= 4 is 0 Å². The van der Waals surface area contributed by atoms with Crippen molar-refractivity contribution in [2.45, 2.75) is 44.8 Å². The van der Waals surface area contributed by atoms with Crippen LogP contribution in [0.15, 0.2) is 30.7 Å². The molecular weight excluding hydrogens is 290 g/mol. The van der Waals surface area contributed by atoms with Crippen LogP contribution in [0, 0.1) is 0 Å². The van der Waals surface area contributed by atoms with Gasteiger partial charge in [-0.3, -0.25) is 9.88 Å². The fourth-order valence-corrected chi connectivity index (χ4v) is 3.10. The molecule has 0 aliphatic carbocycles. The summed E-state index contributed by atoms with van der Waals surface area (Å²) in [5, 5.41) is 19.4. The van der Waals surface area contributed by atoms with Crippen LogP contribution in [0.2, 0.25) is 0 Å². The van der Waals surface area contributed by atoms with E-state index in [2.05, 4.69) is 34.0 Å². The van der Waals surface area contributed by atoms with E-state index >= 15 is 0 Å². The van der Waals surface area contributed by atoms with Crippen molar-refractivity contribution in [3.63, 3.8) is 0 Å². The minimum Gasteiger partial charge on any atom is -0.382 e. The topological polar surface area (TPSA) is 67.1 Å². The van der Waals surface area contributed by atoms with Gasteiger partial charge in [0.15, 0.2) is 0 Å². The maximum absolute atomic E-state index is 11.0. The molecule has 1 aliphatic heterocycles. The van der Waals surface area contributed by atoms with E-state index in [4.69, 9.17) is 0 Å². The third kappa shape index (κ3) is 3.76. The van der Waals surface area contributed by atoms with Gasteiger partial charge < -0.3 is 5.11 Å². The minimum atomic E-state index is -0.885. The van der Waals surface area contributed by atoms with Gasteiger partial charge in [0.1, 0.15) is 11.3 Å². The molecule has 1 aliphatic rings. The van der Waals surface area contributed by atoms with Crippen LogP contribution in [0.1, 0.15) is 44.0 Å². The van der Waals surface area contributed by atoms with Crippen LogP contribution >= 0.6 is 0 Å². The quantitative estimate of drug-likeness (QED) is 0.911. The van der Waals surface area contributed by atoms with Crippen molar-refractivity contribution < 1.29 is 5.11 Å². The number of aromatic nitrogens is 4. The summed E-state index contributed by atoms with van der Waals surface area (Å²) < 4.78 is 1.81. The van der Waals surface area contributed by atoms with Gasteiger partial charge in [-0.1, -0.05) is 5.21 Å². The molecule has 0 amide bonds. The molecule has 23 heavy (non-hydrogen) atoms. The summed E-state index contributed by atoms with van der Waals surface area (Å²) in [7, 11) is 0. The molecular formula is C17H25N5O. The highest BCUT2D eigenvalue weighted by Crippen LogP contribution is 2.30. The standard InChI is InChI=1S/C17H25N5O/c1-14(2)22-12-16(19-20-22)17(23)7-3-10-21(13-17)11-6-15-4-8-18-9-5-15/h4-5,8-9,12,14,23H,3,6-7,10-11,13H2,1-2H3. The van der Waals surface area contributed by atoms with E-state index in [1.165, 1.54) is 5.56 Å². The second-order valence-electron chi connectivity index (χ2n) is 6.69. The summed E-state index contributed by atoms with van der Waals surface area (Å²) >= 11 is 0. The van der Waals surface area contributed by atoms with Gasteiger partial charge in [-0.2, -0.15) is 0 Å². The molecule has 2 aromatic rings. The lowest BCUT2D eigenvalue weighted by atomic mass is 9.90. The number of hydrogen-bond donors (Lipinski definition) is 1. The first kappa shape index (κ1) is 16.1. The molecule has 0 spiro atoms. The molecule has 3 heterocycles. The molecule has 1 unspecified atom stereocenters. The van der Waals surface area contributed by atoms with Gasteiger partial charge in [-0.25, -0.2) is 4.68 Å². The van der Waals surface area contributed by atoms with Gasteiger partial charge in [-0.15, -0.1) is 5.10 Å². The number of pyridine rings is 1. The maximum atomic E-state index is 11.0. The average molecular weight is 315 g/mol. The van der Waals surface area contributed by atoms with Crippen molar-refractivity contribution in [1.29, 1.82) is 0 Å². The normalized spacial score (nSPS) is 22.6. The largest absolute Gasteiger partial charge is 0.382 e.